The van der Waals surface area contributed by atoms with Gasteiger partial charge in [0, 0.05) is 21.4 Å². The normalized spacial score (nSPS) is 14.3. The van der Waals surface area contributed by atoms with Gasteiger partial charge in [-0.1, -0.05) is 6.07 Å². The standard InChI is InChI=1S/C19H24N4O2S2/c1-11(23(5)9-14(24)22-19(2,3)4)16-20-17(25)15-12(10-27-18(15)21-16)13-7-6-8-26-13/h6-8,10-11H,9H2,1-5H3,(H,22,24)(H,20,21,25)/p+1/t11-/m0/s1. The van der Waals surface area contributed by atoms with Crippen molar-refractivity contribution >= 4 is 38.8 Å². The number of hydrogen-bond donors (Lipinski definition) is 3. The maximum absolute atomic E-state index is 12.7. The minimum atomic E-state index is -0.263. The number of H-pyrrole nitrogens is 1. The maximum atomic E-state index is 12.7. The number of amides is 1. The summed E-state index contributed by atoms with van der Waals surface area (Å²) in [5.74, 6) is 0.583. The molecule has 0 aliphatic rings. The predicted molar refractivity (Wildman–Crippen MR) is 112 cm³/mol. The molecule has 0 aliphatic carbocycles. The van der Waals surface area contributed by atoms with Crippen LogP contribution in [0, 0.1) is 0 Å². The molecule has 2 atom stereocenters. The van der Waals surface area contributed by atoms with E-state index in [-0.39, 0.29) is 23.0 Å². The number of hydrogen-bond acceptors (Lipinski definition) is 5. The van der Waals surface area contributed by atoms with Crippen LogP contribution in [0.2, 0.25) is 0 Å². The fraction of sp³-hybridized carbons (Fsp3) is 0.421. The van der Waals surface area contributed by atoms with E-state index in [1.807, 2.05) is 57.6 Å². The van der Waals surface area contributed by atoms with Crippen LogP contribution in [-0.2, 0) is 4.79 Å². The van der Waals surface area contributed by atoms with E-state index in [1.165, 1.54) is 11.3 Å². The first-order valence-electron chi connectivity index (χ1n) is 8.84. The second-order valence-corrected chi connectivity index (χ2v) is 9.61. The highest BCUT2D eigenvalue weighted by Crippen LogP contribution is 2.33. The van der Waals surface area contributed by atoms with Gasteiger partial charge in [-0.2, -0.15) is 0 Å². The van der Waals surface area contributed by atoms with Crippen LogP contribution in [0.15, 0.2) is 27.7 Å². The maximum Gasteiger partial charge on any atom is 0.275 e. The molecular weight excluding hydrogens is 380 g/mol. The summed E-state index contributed by atoms with van der Waals surface area (Å²) in [4.78, 5) is 35.3. The van der Waals surface area contributed by atoms with Gasteiger partial charge in [-0.3, -0.25) is 9.59 Å². The van der Waals surface area contributed by atoms with Crippen LogP contribution in [-0.4, -0.2) is 35.0 Å². The number of nitrogens with zero attached hydrogens (tertiary/aromatic N) is 1. The van der Waals surface area contributed by atoms with Gasteiger partial charge in [0.15, 0.2) is 12.4 Å². The SMILES string of the molecule is C[C@@H](c1nc2scc(-c3cccs3)c2c(=O)[nH]1)[NH+](C)CC(=O)NC(C)(C)C. The summed E-state index contributed by atoms with van der Waals surface area (Å²) in [5, 5.41) is 7.59. The van der Waals surface area contributed by atoms with Gasteiger partial charge in [0.1, 0.15) is 10.9 Å². The Labute approximate surface area is 166 Å². The third kappa shape index (κ3) is 4.45. The van der Waals surface area contributed by atoms with Gasteiger partial charge >= 0.3 is 0 Å². The van der Waals surface area contributed by atoms with Crippen molar-refractivity contribution in [2.45, 2.75) is 39.3 Å². The molecule has 8 heteroatoms. The Balaban J connectivity index is 1.85. The van der Waals surface area contributed by atoms with E-state index in [0.717, 1.165) is 20.2 Å². The van der Waals surface area contributed by atoms with Crippen molar-refractivity contribution in [1.29, 1.82) is 0 Å². The Morgan fingerprint density at radius 2 is 2.11 bits per heavy atom. The number of rotatable bonds is 5. The molecule has 1 amide bonds. The van der Waals surface area contributed by atoms with Crippen LogP contribution in [0.3, 0.4) is 0 Å². The summed E-state index contributed by atoms with van der Waals surface area (Å²) in [6, 6.07) is 3.87. The fourth-order valence-corrected chi connectivity index (χ4v) is 4.66. The zero-order valence-electron chi connectivity index (χ0n) is 16.2. The number of thiophene rings is 2. The molecule has 3 rings (SSSR count). The molecule has 0 saturated carbocycles. The van der Waals surface area contributed by atoms with Crippen molar-refractivity contribution in [3.05, 3.63) is 39.1 Å². The number of fused-ring (bicyclic) bond motifs is 1. The minimum Gasteiger partial charge on any atom is -0.347 e. The van der Waals surface area contributed by atoms with Crippen molar-refractivity contribution in [2.75, 3.05) is 13.6 Å². The molecular formula is C19H25N4O2S2+. The molecule has 144 valence electrons. The molecule has 0 aromatic carbocycles. The lowest BCUT2D eigenvalue weighted by Crippen LogP contribution is -3.10. The van der Waals surface area contributed by atoms with E-state index in [1.54, 1.807) is 11.3 Å². The van der Waals surface area contributed by atoms with E-state index in [9.17, 15) is 9.59 Å². The second-order valence-electron chi connectivity index (χ2n) is 7.80. The van der Waals surface area contributed by atoms with Gasteiger partial charge in [0.2, 0.25) is 0 Å². The molecule has 3 aromatic heterocycles. The Morgan fingerprint density at radius 3 is 2.74 bits per heavy atom. The minimum absolute atomic E-state index is 0.0219. The molecule has 0 spiro atoms. The van der Waals surface area contributed by atoms with Crippen LogP contribution in [0.5, 0.6) is 0 Å². The highest BCUT2D eigenvalue weighted by atomic mass is 32.1. The van der Waals surface area contributed by atoms with Gasteiger partial charge in [-0.25, -0.2) is 4.98 Å². The van der Waals surface area contributed by atoms with Crippen LogP contribution < -0.4 is 15.8 Å². The Morgan fingerprint density at radius 1 is 1.37 bits per heavy atom. The van der Waals surface area contributed by atoms with E-state index in [0.29, 0.717) is 17.8 Å². The van der Waals surface area contributed by atoms with E-state index in [4.69, 9.17) is 0 Å². The van der Waals surface area contributed by atoms with E-state index < -0.39 is 0 Å². The third-order valence-electron chi connectivity index (χ3n) is 4.35. The Hall–Kier alpha value is -2.03. The number of nitrogens with one attached hydrogen (secondary N) is 3. The number of likely N-dealkylation sites (N-methyl/N-ethyl adjacent to an activating group) is 1. The molecule has 3 aromatic rings. The monoisotopic (exact) mass is 405 g/mol. The summed E-state index contributed by atoms with van der Waals surface area (Å²) >= 11 is 3.09. The molecule has 6 nitrogen and oxygen atoms in total. The largest absolute Gasteiger partial charge is 0.347 e. The van der Waals surface area contributed by atoms with Gasteiger partial charge < -0.3 is 15.2 Å². The third-order valence-corrected chi connectivity index (χ3v) is 6.13. The smallest absolute Gasteiger partial charge is 0.275 e. The molecule has 0 saturated heterocycles. The van der Waals surface area contributed by atoms with Crippen molar-refractivity contribution in [2.24, 2.45) is 0 Å². The average Bonchev–Trinajstić information content (AvgIpc) is 3.20. The van der Waals surface area contributed by atoms with Gasteiger partial charge in [0.25, 0.3) is 11.5 Å². The van der Waals surface area contributed by atoms with Crippen LogP contribution in [0.1, 0.15) is 39.6 Å². The lowest BCUT2D eigenvalue weighted by Gasteiger charge is -2.24. The number of aromatic amines is 1. The Bertz CT molecular complexity index is 999. The molecule has 1 unspecified atom stereocenters. The first-order chi connectivity index (χ1) is 12.7. The Kier molecular flexibility index (Phi) is 5.50. The van der Waals surface area contributed by atoms with Crippen molar-refractivity contribution in [1.82, 2.24) is 15.3 Å². The number of quaternary nitrogens is 1. The number of aromatic nitrogens is 2. The van der Waals surface area contributed by atoms with Crippen molar-refractivity contribution < 1.29 is 9.69 Å². The molecule has 0 fully saturated rings. The van der Waals surface area contributed by atoms with E-state index in [2.05, 4.69) is 15.3 Å². The zero-order chi connectivity index (χ0) is 19.8. The highest BCUT2D eigenvalue weighted by molar-refractivity contribution is 7.18. The summed E-state index contributed by atoms with van der Waals surface area (Å²) in [5.41, 5.74) is 0.544. The van der Waals surface area contributed by atoms with Gasteiger partial charge in [-0.05, 0) is 39.1 Å². The van der Waals surface area contributed by atoms with Crippen molar-refractivity contribution in [3.8, 4) is 10.4 Å². The van der Waals surface area contributed by atoms with E-state index >= 15 is 0 Å². The number of carbonyl (C=O) groups excluding carboxylic acids is 1. The average molecular weight is 406 g/mol. The van der Waals surface area contributed by atoms with Crippen LogP contribution in [0.4, 0.5) is 0 Å². The summed E-state index contributed by atoms with van der Waals surface area (Å²) in [6.07, 6.45) is 0. The molecule has 0 bridgehead atoms. The highest BCUT2D eigenvalue weighted by Gasteiger charge is 2.24. The molecule has 0 radical (unpaired) electrons. The van der Waals surface area contributed by atoms with Crippen LogP contribution >= 0.6 is 22.7 Å². The lowest BCUT2D eigenvalue weighted by atomic mass is 10.1. The second kappa shape index (κ2) is 7.53. The molecule has 0 aliphatic heterocycles. The summed E-state index contributed by atoms with van der Waals surface area (Å²) < 4.78 is 0. The molecule has 3 heterocycles. The predicted octanol–water partition coefficient (Wildman–Crippen LogP) is 2.20. The van der Waals surface area contributed by atoms with Gasteiger partial charge in [0.05, 0.1) is 12.4 Å². The molecule has 3 N–H and O–H groups in total. The fourth-order valence-electron chi connectivity index (χ4n) is 2.89. The lowest BCUT2D eigenvalue weighted by molar-refractivity contribution is -0.903. The quantitative estimate of drug-likeness (QED) is 0.609. The summed E-state index contributed by atoms with van der Waals surface area (Å²) in [6.45, 7) is 8.15. The first kappa shape index (κ1) is 19.7. The summed E-state index contributed by atoms with van der Waals surface area (Å²) in [7, 11) is 1.93. The topological polar surface area (TPSA) is 79.3 Å². The number of carbonyl (C=O) groups is 1. The van der Waals surface area contributed by atoms with Gasteiger partial charge in [-0.15, -0.1) is 22.7 Å². The van der Waals surface area contributed by atoms with Crippen LogP contribution in [0.25, 0.3) is 20.7 Å². The molecule has 27 heavy (non-hydrogen) atoms. The first-order valence-corrected chi connectivity index (χ1v) is 10.6. The zero-order valence-corrected chi connectivity index (χ0v) is 17.8. The van der Waals surface area contributed by atoms with Crippen molar-refractivity contribution in [3.63, 3.8) is 0 Å².